The third-order valence-electron chi connectivity index (χ3n) is 2.67. The summed E-state index contributed by atoms with van der Waals surface area (Å²) in [5, 5.41) is 0. The van der Waals surface area contributed by atoms with E-state index in [0.29, 0.717) is 12.8 Å². The summed E-state index contributed by atoms with van der Waals surface area (Å²) in [4.78, 5) is -0.0479. The van der Waals surface area contributed by atoms with Crippen LogP contribution < -0.4 is 10.5 Å². The average Bonchev–Trinajstić information content (AvgIpc) is 2.75. The Hall–Kier alpha value is -0.920. The van der Waals surface area contributed by atoms with Crippen LogP contribution in [-0.4, -0.2) is 14.5 Å². The molecule has 98 valence electrons. The Bertz CT molecular complexity index is 593. The number of nitrogen functional groups attached to an aromatic ring is 1. The minimum Gasteiger partial charge on any atom is -0.396 e. The quantitative estimate of drug-likeness (QED) is 0.657. The molecule has 0 saturated heterocycles. The Morgan fingerprint density at radius 3 is 2.56 bits per heavy atom. The monoisotopic (exact) mass is 334 g/mol. The van der Waals surface area contributed by atoms with Gasteiger partial charge in [-0.25, -0.2) is 17.5 Å². The number of nitrogens with two attached hydrogens (primary N) is 1. The number of hydrogen-bond acceptors (Lipinski definition) is 3. The highest BCUT2D eigenvalue weighted by Gasteiger charge is 2.23. The van der Waals surface area contributed by atoms with Gasteiger partial charge in [0, 0.05) is 10.5 Å². The van der Waals surface area contributed by atoms with Crippen molar-refractivity contribution in [2.45, 2.75) is 23.8 Å². The van der Waals surface area contributed by atoms with Crippen LogP contribution in [0.2, 0.25) is 0 Å². The van der Waals surface area contributed by atoms with E-state index in [2.05, 4.69) is 20.7 Å². The van der Waals surface area contributed by atoms with Gasteiger partial charge in [-0.1, -0.05) is 12.2 Å². The van der Waals surface area contributed by atoms with E-state index in [1.54, 1.807) is 0 Å². The summed E-state index contributed by atoms with van der Waals surface area (Å²) in [5.41, 5.74) is 5.20. The first-order valence-corrected chi connectivity index (χ1v) is 7.59. The van der Waals surface area contributed by atoms with E-state index in [4.69, 9.17) is 5.73 Å². The van der Waals surface area contributed by atoms with Crippen molar-refractivity contribution in [2.24, 2.45) is 0 Å². The molecule has 0 heterocycles. The van der Waals surface area contributed by atoms with Gasteiger partial charge in [-0.3, -0.25) is 0 Å². The average molecular weight is 335 g/mol. The standard InChI is InChI=1S/C11H12BrFN2O2S/c12-8-5-9(13)10(14)6-11(8)18(16,17)15-7-3-1-2-4-7/h1-2,5-7,15H,3-4,14H2. The van der Waals surface area contributed by atoms with Crippen LogP contribution in [0.25, 0.3) is 0 Å². The molecule has 1 aliphatic rings. The van der Waals surface area contributed by atoms with Crippen LogP contribution in [0, 0.1) is 5.82 Å². The molecule has 1 aromatic rings. The van der Waals surface area contributed by atoms with E-state index in [-0.39, 0.29) is 21.1 Å². The summed E-state index contributed by atoms with van der Waals surface area (Å²) in [6.45, 7) is 0. The van der Waals surface area contributed by atoms with Gasteiger partial charge in [0.25, 0.3) is 0 Å². The number of sulfonamides is 1. The fourth-order valence-electron chi connectivity index (χ4n) is 1.75. The van der Waals surface area contributed by atoms with E-state index in [1.807, 2.05) is 12.2 Å². The lowest BCUT2D eigenvalue weighted by Crippen LogP contribution is -2.33. The van der Waals surface area contributed by atoms with Crippen molar-refractivity contribution >= 4 is 31.6 Å². The molecule has 0 saturated carbocycles. The van der Waals surface area contributed by atoms with E-state index >= 15 is 0 Å². The number of rotatable bonds is 3. The fourth-order valence-corrected chi connectivity index (χ4v) is 4.06. The van der Waals surface area contributed by atoms with Crippen molar-refractivity contribution in [3.8, 4) is 0 Å². The van der Waals surface area contributed by atoms with Crippen molar-refractivity contribution in [3.63, 3.8) is 0 Å². The van der Waals surface area contributed by atoms with Crippen molar-refractivity contribution < 1.29 is 12.8 Å². The van der Waals surface area contributed by atoms with Gasteiger partial charge in [-0.05, 0) is 40.9 Å². The number of hydrogen-bond donors (Lipinski definition) is 2. The molecule has 1 aliphatic carbocycles. The maximum Gasteiger partial charge on any atom is 0.242 e. The SMILES string of the molecule is Nc1cc(S(=O)(=O)NC2CC=CC2)c(Br)cc1F. The Morgan fingerprint density at radius 2 is 1.94 bits per heavy atom. The van der Waals surface area contributed by atoms with Gasteiger partial charge < -0.3 is 5.73 Å². The summed E-state index contributed by atoms with van der Waals surface area (Å²) in [6.07, 6.45) is 5.16. The highest BCUT2D eigenvalue weighted by atomic mass is 79.9. The maximum absolute atomic E-state index is 13.2. The molecule has 4 nitrogen and oxygen atoms in total. The van der Waals surface area contributed by atoms with Crippen LogP contribution in [-0.2, 0) is 10.0 Å². The summed E-state index contributed by atoms with van der Waals surface area (Å²) in [7, 11) is -3.70. The Morgan fingerprint density at radius 1 is 1.33 bits per heavy atom. The Kier molecular flexibility index (Phi) is 3.74. The van der Waals surface area contributed by atoms with Crippen LogP contribution in [0.3, 0.4) is 0 Å². The molecule has 0 bridgehead atoms. The zero-order valence-corrected chi connectivity index (χ0v) is 11.8. The second-order valence-electron chi connectivity index (χ2n) is 4.07. The van der Waals surface area contributed by atoms with Gasteiger partial charge in [0.15, 0.2) is 0 Å². The molecule has 3 N–H and O–H groups in total. The molecule has 0 atom stereocenters. The minimum atomic E-state index is -3.70. The third-order valence-corrected chi connectivity index (χ3v) is 5.15. The number of benzene rings is 1. The fraction of sp³-hybridized carbons (Fsp3) is 0.273. The summed E-state index contributed by atoms with van der Waals surface area (Å²) >= 11 is 3.04. The van der Waals surface area contributed by atoms with E-state index in [1.165, 1.54) is 0 Å². The Labute approximate surface area is 113 Å². The predicted octanol–water partition coefficient (Wildman–Crippen LogP) is 2.17. The smallest absolute Gasteiger partial charge is 0.242 e. The lowest BCUT2D eigenvalue weighted by molar-refractivity contribution is 0.556. The van der Waals surface area contributed by atoms with Gasteiger partial charge in [-0.2, -0.15) is 0 Å². The van der Waals surface area contributed by atoms with E-state index in [0.717, 1.165) is 12.1 Å². The lowest BCUT2D eigenvalue weighted by atomic mass is 10.3. The Balaban J connectivity index is 2.32. The zero-order chi connectivity index (χ0) is 13.3. The maximum atomic E-state index is 13.2. The molecule has 0 fully saturated rings. The first-order valence-electron chi connectivity index (χ1n) is 5.32. The molecule has 0 aliphatic heterocycles. The van der Waals surface area contributed by atoms with Crippen LogP contribution >= 0.6 is 15.9 Å². The summed E-state index contributed by atoms with van der Waals surface area (Å²) < 4.78 is 40.1. The predicted molar refractivity (Wildman–Crippen MR) is 71.0 cm³/mol. The van der Waals surface area contributed by atoms with E-state index in [9.17, 15) is 12.8 Å². The minimum absolute atomic E-state index is 0.0479. The molecule has 7 heteroatoms. The second-order valence-corrected chi connectivity index (χ2v) is 6.60. The highest BCUT2D eigenvalue weighted by Crippen LogP contribution is 2.27. The van der Waals surface area contributed by atoms with Gasteiger partial charge in [0.2, 0.25) is 10.0 Å². The number of halogens is 2. The molecule has 0 amide bonds. The number of nitrogens with one attached hydrogen (secondary N) is 1. The topological polar surface area (TPSA) is 72.2 Å². The van der Waals surface area contributed by atoms with Gasteiger partial charge in [-0.15, -0.1) is 0 Å². The second kappa shape index (κ2) is 4.99. The van der Waals surface area contributed by atoms with Gasteiger partial charge in [0.1, 0.15) is 5.82 Å². The van der Waals surface area contributed by atoms with Crippen LogP contribution in [0.15, 0.2) is 33.7 Å². The molecule has 0 radical (unpaired) electrons. The molecule has 0 unspecified atom stereocenters. The highest BCUT2D eigenvalue weighted by molar-refractivity contribution is 9.10. The molecule has 2 rings (SSSR count). The van der Waals surface area contributed by atoms with Gasteiger partial charge >= 0.3 is 0 Å². The first kappa shape index (κ1) is 13.5. The van der Waals surface area contributed by atoms with Gasteiger partial charge in [0.05, 0.1) is 10.6 Å². The lowest BCUT2D eigenvalue weighted by Gasteiger charge is -2.14. The molecule has 0 spiro atoms. The third kappa shape index (κ3) is 2.73. The normalized spacial score (nSPS) is 16.3. The summed E-state index contributed by atoms with van der Waals surface area (Å²) in [6, 6.07) is 2.02. The first-order chi connectivity index (χ1) is 8.40. The molecular weight excluding hydrogens is 323 g/mol. The van der Waals surface area contributed by atoms with Crippen LogP contribution in [0.5, 0.6) is 0 Å². The van der Waals surface area contributed by atoms with Crippen molar-refractivity contribution in [3.05, 3.63) is 34.6 Å². The number of anilines is 1. The molecule has 0 aromatic heterocycles. The van der Waals surface area contributed by atoms with Crippen molar-refractivity contribution in [1.29, 1.82) is 0 Å². The molecule has 18 heavy (non-hydrogen) atoms. The largest absolute Gasteiger partial charge is 0.396 e. The van der Waals surface area contributed by atoms with Crippen molar-refractivity contribution in [1.82, 2.24) is 4.72 Å². The van der Waals surface area contributed by atoms with Crippen LogP contribution in [0.1, 0.15) is 12.8 Å². The molecular formula is C11H12BrFN2O2S. The van der Waals surface area contributed by atoms with Crippen molar-refractivity contribution in [2.75, 3.05) is 5.73 Å². The summed E-state index contributed by atoms with van der Waals surface area (Å²) in [5.74, 6) is -0.650. The van der Waals surface area contributed by atoms with Crippen LogP contribution in [0.4, 0.5) is 10.1 Å². The zero-order valence-electron chi connectivity index (χ0n) is 9.36. The molecule has 1 aromatic carbocycles. The van der Waals surface area contributed by atoms with E-state index < -0.39 is 15.8 Å².